The summed E-state index contributed by atoms with van der Waals surface area (Å²) < 4.78 is 4.79. The molecule has 0 saturated heterocycles. The van der Waals surface area contributed by atoms with E-state index in [9.17, 15) is 19.7 Å². The number of nitro benzene ring substituents is 1. The summed E-state index contributed by atoms with van der Waals surface area (Å²) in [6, 6.07) is 7.73. The third kappa shape index (κ3) is 6.06. The summed E-state index contributed by atoms with van der Waals surface area (Å²) in [7, 11) is 0. The summed E-state index contributed by atoms with van der Waals surface area (Å²) in [5.74, 6) is -1.48. The number of nitro groups is 1. The lowest BCUT2D eigenvalue weighted by Crippen LogP contribution is -2.50. The first-order valence-corrected chi connectivity index (χ1v) is 7.49. The van der Waals surface area contributed by atoms with E-state index in [0.29, 0.717) is 5.56 Å². The van der Waals surface area contributed by atoms with Gasteiger partial charge in [-0.1, -0.05) is 26.0 Å². The Morgan fingerprint density at radius 3 is 2.72 bits per heavy atom. The van der Waals surface area contributed by atoms with Crippen LogP contribution in [0.1, 0.15) is 26.3 Å². The molecule has 1 rings (SSSR count). The van der Waals surface area contributed by atoms with Gasteiger partial charge in [0.2, 0.25) is 0 Å². The SMILES string of the molecule is CC(C)[C@@](C)(C#N)NC(=O)COC(=O)/C=C/c1cccc([N+](=O)[O-])c1. The zero-order valence-electron chi connectivity index (χ0n) is 14.2. The van der Waals surface area contributed by atoms with Crippen molar-refractivity contribution < 1.29 is 19.2 Å². The Balaban J connectivity index is 2.58. The molecule has 0 aromatic heterocycles. The molecule has 0 aliphatic carbocycles. The Kier molecular flexibility index (Phi) is 6.81. The van der Waals surface area contributed by atoms with Crippen molar-refractivity contribution in [1.82, 2.24) is 5.32 Å². The van der Waals surface area contributed by atoms with Crippen molar-refractivity contribution in [2.45, 2.75) is 26.3 Å². The molecule has 0 spiro atoms. The molecule has 0 aliphatic rings. The summed E-state index contributed by atoms with van der Waals surface area (Å²) in [4.78, 5) is 33.5. The lowest BCUT2D eigenvalue weighted by atomic mass is 9.90. The van der Waals surface area contributed by atoms with Gasteiger partial charge in [-0.05, 0) is 24.5 Å². The minimum Gasteiger partial charge on any atom is -0.452 e. The van der Waals surface area contributed by atoms with Crippen LogP contribution in [0.25, 0.3) is 6.08 Å². The van der Waals surface area contributed by atoms with Crippen LogP contribution in [0.3, 0.4) is 0 Å². The Morgan fingerprint density at radius 2 is 2.16 bits per heavy atom. The van der Waals surface area contributed by atoms with E-state index in [-0.39, 0.29) is 11.6 Å². The molecule has 0 saturated carbocycles. The summed E-state index contributed by atoms with van der Waals surface area (Å²) in [5, 5.41) is 22.3. The highest BCUT2D eigenvalue weighted by Crippen LogP contribution is 2.15. The number of nitrogens with one attached hydrogen (secondary N) is 1. The molecule has 25 heavy (non-hydrogen) atoms. The highest BCUT2D eigenvalue weighted by atomic mass is 16.6. The number of carbonyl (C=O) groups is 2. The number of hydrogen-bond acceptors (Lipinski definition) is 6. The number of rotatable bonds is 7. The van der Waals surface area contributed by atoms with Gasteiger partial charge in [0, 0.05) is 18.2 Å². The molecule has 8 nitrogen and oxygen atoms in total. The number of amides is 1. The van der Waals surface area contributed by atoms with Crippen molar-refractivity contribution in [1.29, 1.82) is 5.26 Å². The maximum atomic E-state index is 11.8. The predicted molar refractivity (Wildman–Crippen MR) is 90.1 cm³/mol. The first-order chi connectivity index (χ1) is 11.7. The summed E-state index contributed by atoms with van der Waals surface area (Å²) in [6.45, 7) is 4.64. The van der Waals surface area contributed by atoms with E-state index in [0.717, 1.165) is 6.08 Å². The van der Waals surface area contributed by atoms with Crippen LogP contribution < -0.4 is 5.32 Å². The van der Waals surface area contributed by atoms with Gasteiger partial charge in [0.05, 0.1) is 11.0 Å². The van der Waals surface area contributed by atoms with Gasteiger partial charge in [-0.15, -0.1) is 0 Å². The second-order valence-corrected chi connectivity index (χ2v) is 5.81. The molecular formula is C17H19N3O5. The average Bonchev–Trinajstić information content (AvgIpc) is 2.58. The first-order valence-electron chi connectivity index (χ1n) is 7.49. The fourth-order valence-corrected chi connectivity index (χ4v) is 1.72. The van der Waals surface area contributed by atoms with Crippen molar-refractivity contribution in [2.75, 3.05) is 6.61 Å². The second-order valence-electron chi connectivity index (χ2n) is 5.81. The zero-order valence-corrected chi connectivity index (χ0v) is 14.2. The smallest absolute Gasteiger partial charge is 0.331 e. The van der Waals surface area contributed by atoms with E-state index < -0.39 is 28.9 Å². The minimum absolute atomic E-state index is 0.0978. The Bertz CT molecular complexity index is 736. The molecule has 1 aromatic rings. The molecule has 0 bridgehead atoms. The summed E-state index contributed by atoms with van der Waals surface area (Å²) in [6.07, 6.45) is 2.42. The van der Waals surface area contributed by atoms with E-state index in [1.54, 1.807) is 26.8 Å². The molecule has 0 unspecified atom stereocenters. The van der Waals surface area contributed by atoms with Crippen LogP contribution in [0.4, 0.5) is 5.69 Å². The number of ether oxygens (including phenoxy) is 1. The van der Waals surface area contributed by atoms with Gasteiger partial charge >= 0.3 is 5.97 Å². The Labute approximate surface area is 145 Å². The van der Waals surface area contributed by atoms with E-state index in [4.69, 9.17) is 10.00 Å². The van der Waals surface area contributed by atoms with Crippen molar-refractivity contribution >= 4 is 23.6 Å². The fourth-order valence-electron chi connectivity index (χ4n) is 1.72. The van der Waals surface area contributed by atoms with Gasteiger partial charge in [-0.2, -0.15) is 5.26 Å². The number of esters is 1. The van der Waals surface area contributed by atoms with Crippen LogP contribution in [0.5, 0.6) is 0 Å². The highest BCUT2D eigenvalue weighted by Gasteiger charge is 2.30. The Morgan fingerprint density at radius 1 is 1.48 bits per heavy atom. The molecule has 0 fully saturated rings. The molecule has 0 radical (unpaired) electrons. The number of nitrogens with zero attached hydrogens (tertiary/aromatic N) is 2. The first kappa shape index (κ1) is 19.8. The number of non-ortho nitro benzene ring substituents is 1. The van der Waals surface area contributed by atoms with E-state index in [1.165, 1.54) is 24.3 Å². The summed E-state index contributed by atoms with van der Waals surface area (Å²) >= 11 is 0. The van der Waals surface area contributed by atoms with Gasteiger partial charge in [-0.3, -0.25) is 14.9 Å². The van der Waals surface area contributed by atoms with Crippen LogP contribution in [0, 0.1) is 27.4 Å². The lowest BCUT2D eigenvalue weighted by molar-refractivity contribution is -0.384. The van der Waals surface area contributed by atoms with Gasteiger partial charge < -0.3 is 10.1 Å². The molecule has 8 heteroatoms. The third-order valence-electron chi connectivity index (χ3n) is 3.62. The molecule has 132 valence electrons. The van der Waals surface area contributed by atoms with Crippen LogP contribution in [0.15, 0.2) is 30.3 Å². The molecule has 0 aliphatic heterocycles. The number of hydrogen-bond donors (Lipinski definition) is 1. The van der Waals surface area contributed by atoms with E-state index >= 15 is 0 Å². The predicted octanol–water partition coefficient (Wildman–Crippen LogP) is 2.21. The van der Waals surface area contributed by atoms with Gasteiger partial charge in [0.15, 0.2) is 6.61 Å². The molecular weight excluding hydrogens is 326 g/mol. The normalized spacial score (nSPS) is 13.1. The molecule has 1 aromatic carbocycles. The topological polar surface area (TPSA) is 122 Å². The van der Waals surface area contributed by atoms with Crippen molar-refractivity contribution in [3.8, 4) is 6.07 Å². The molecule has 1 atom stereocenters. The van der Waals surface area contributed by atoms with E-state index in [2.05, 4.69) is 5.32 Å². The third-order valence-corrected chi connectivity index (χ3v) is 3.62. The average molecular weight is 345 g/mol. The van der Waals surface area contributed by atoms with Crippen LogP contribution in [-0.2, 0) is 14.3 Å². The number of carbonyl (C=O) groups excluding carboxylic acids is 2. The lowest BCUT2D eigenvalue weighted by Gasteiger charge is -2.27. The summed E-state index contributed by atoms with van der Waals surface area (Å²) in [5.41, 5.74) is -0.700. The van der Waals surface area contributed by atoms with Crippen molar-refractivity contribution in [3.05, 3.63) is 46.0 Å². The van der Waals surface area contributed by atoms with Gasteiger partial charge in [0.1, 0.15) is 5.54 Å². The van der Waals surface area contributed by atoms with Crippen LogP contribution >= 0.6 is 0 Å². The molecule has 1 N–H and O–H groups in total. The fraction of sp³-hybridized carbons (Fsp3) is 0.353. The standard InChI is InChI=1S/C17H19N3O5/c1-12(2)17(3,11-18)19-15(21)10-25-16(22)8-7-13-5-4-6-14(9-13)20(23)24/h4-9,12H,10H2,1-3H3,(H,19,21)/b8-7+/t17-/m1/s1. The Hall–Kier alpha value is -3.21. The van der Waals surface area contributed by atoms with Gasteiger partial charge in [0.25, 0.3) is 11.6 Å². The highest BCUT2D eigenvalue weighted by molar-refractivity contribution is 5.89. The zero-order chi connectivity index (χ0) is 19.0. The number of nitriles is 1. The van der Waals surface area contributed by atoms with Crippen molar-refractivity contribution in [2.24, 2.45) is 5.92 Å². The second kappa shape index (κ2) is 8.59. The maximum absolute atomic E-state index is 11.8. The monoisotopic (exact) mass is 345 g/mol. The van der Waals surface area contributed by atoms with Crippen LogP contribution in [0.2, 0.25) is 0 Å². The maximum Gasteiger partial charge on any atom is 0.331 e. The minimum atomic E-state index is -1.05. The largest absolute Gasteiger partial charge is 0.452 e. The molecule has 1 amide bonds. The van der Waals surface area contributed by atoms with Crippen LogP contribution in [-0.4, -0.2) is 28.9 Å². The number of benzene rings is 1. The quantitative estimate of drug-likeness (QED) is 0.350. The van der Waals surface area contributed by atoms with E-state index in [1.807, 2.05) is 6.07 Å². The van der Waals surface area contributed by atoms with Crippen molar-refractivity contribution in [3.63, 3.8) is 0 Å². The van der Waals surface area contributed by atoms with Gasteiger partial charge in [-0.25, -0.2) is 4.79 Å². The molecule has 0 heterocycles.